The van der Waals surface area contributed by atoms with Crippen LogP contribution in [0.3, 0.4) is 0 Å². The molecule has 1 aromatic heterocycles. The van der Waals surface area contributed by atoms with E-state index in [-0.39, 0.29) is 50.8 Å². The summed E-state index contributed by atoms with van der Waals surface area (Å²) >= 11 is 0. The monoisotopic (exact) mass is 571 g/mol. The molecule has 218 valence electrons. The highest BCUT2D eigenvalue weighted by molar-refractivity contribution is 5.96. The number of aromatic nitrogens is 2. The number of hydrogen-bond acceptors (Lipinski definition) is 9. The van der Waals surface area contributed by atoms with E-state index in [1.54, 1.807) is 37.3 Å². The predicted molar refractivity (Wildman–Crippen MR) is 129 cm³/mol. The first-order chi connectivity index (χ1) is 19.0. The molecule has 13 nitrogen and oxygen atoms in total. The van der Waals surface area contributed by atoms with Gasteiger partial charge in [-0.1, -0.05) is 18.2 Å². The lowest BCUT2D eigenvalue weighted by Crippen LogP contribution is -2.55. The predicted octanol–water partition coefficient (Wildman–Crippen LogP) is 2.01. The second-order valence-corrected chi connectivity index (χ2v) is 8.51. The van der Waals surface area contributed by atoms with E-state index in [1.165, 1.54) is 9.96 Å². The summed E-state index contributed by atoms with van der Waals surface area (Å²) in [5, 5.41) is 16.9. The first-order valence-electron chi connectivity index (χ1n) is 12.2. The summed E-state index contributed by atoms with van der Waals surface area (Å²) in [6.07, 6.45) is -6.23. The fraction of sp³-hybridized carbons (Fsp3) is 0.458. The molecule has 1 aliphatic heterocycles. The smallest absolute Gasteiger partial charge is 0.481 e. The molecule has 0 bridgehead atoms. The van der Waals surface area contributed by atoms with E-state index in [1.807, 2.05) is 0 Å². The van der Waals surface area contributed by atoms with Crippen molar-refractivity contribution < 1.29 is 51.8 Å². The Morgan fingerprint density at radius 2 is 1.77 bits per heavy atom. The quantitative estimate of drug-likeness (QED) is 0.383. The van der Waals surface area contributed by atoms with Gasteiger partial charge in [-0.3, -0.25) is 14.4 Å². The minimum Gasteiger partial charge on any atom is -0.481 e. The number of aliphatic carboxylic acids is 1. The van der Waals surface area contributed by atoms with Gasteiger partial charge >= 0.3 is 18.3 Å². The van der Waals surface area contributed by atoms with Gasteiger partial charge < -0.3 is 29.6 Å². The van der Waals surface area contributed by atoms with Crippen LogP contribution in [-0.2, 0) is 19.2 Å². The molecule has 40 heavy (non-hydrogen) atoms. The number of para-hydroxylation sites is 1. The summed E-state index contributed by atoms with van der Waals surface area (Å²) in [6.45, 7) is 0.619. The highest BCUT2D eigenvalue weighted by atomic mass is 19.4. The molecule has 0 saturated carbocycles. The Balaban J connectivity index is 1.74. The van der Waals surface area contributed by atoms with Crippen LogP contribution in [0.5, 0.6) is 5.88 Å². The number of piperazine rings is 1. The zero-order chi connectivity index (χ0) is 29.3. The van der Waals surface area contributed by atoms with Crippen LogP contribution in [0.4, 0.5) is 18.0 Å². The highest BCUT2D eigenvalue weighted by Gasteiger charge is 2.32. The van der Waals surface area contributed by atoms with E-state index in [0.29, 0.717) is 5.69 Å². The van der Waals surface area contributed by atoms with E-state index in [4.69, 9.17) is 19.4 Å². The van der Waals surface area contributed by atoms with Crippen LogP contribution in [0.25, 0.3) is 5.69 Å². The van der Waals surface area contributed by atoms with Crippen LogP contribution in [0.15, 0.2) is 36.4 Å². The maximum Gasteiger partial charge on any atom is 0.527 e. The topological polar surface area (TPSA) is 153 Å². The summed E-state index contributed by atoms with van der Waals surface area (Å²) in [7, 11) is 0. The molecule has 1 aromatic carbocycles. The van der Waals surface area contributed by atoms with Crippen LogP contribution < -0.4 is 10.1 Å². The molecule has 2 heterocycles. The van der Waals surface area contributed by atoms with Crippen LogP contribution in [0.2, 0.25) is 0 Å². The third-order valence-corrected chi connectivity index (χ3v) is 5.56. The van der Waals surface area contributed by atoms with Crippen molar-refractivity contribution in [3.63, 3.8) is 0 Å². The van der Waals surface area contributed by atoms with Crippen molar-refractivity contribution in [1.29, 1.82) is 0 Å². The molecule has 0 radical (unpaired) electrons. The number of carbonyl (C=O) groups is 4. The van der Waals surface area contributed by atoms with E-state index >= 15 is 0 Å². The summed E-state index contributed by atoms with van der Waals surface area (Å²) in [5.74, 6) is -3.06. The summed E-state index contributed by atoms with van der Waals surface area (Å²) < 4.78 is 49.0. The molecule has 0 aliphatic carbocycles. The Morgan fingerprint density at radius 1 is 1.10 bits per heavy atom. The van der Waals surface area contributed by atoms with Gasteiger partial charge in [-0.2, -0.15) is 18.3 Å². The van der Waals surface area contributed by atoms with Crippen molar-refractivity contribution in [2.75, 3.05) is 39.4 Å². The molecule has 2 amide bonds. The maximum atomic E-state index is 13.2. The number of hydroxylamine groups is 2. The summed E-state index contributed by atoms with van der Waals surface area (Å²) in [6, 6.07) is 7.71. The third kappa shape index (κ3) is 8.86. The Kier molecular flexibility index (Phi) is 10.3. The molecule has 3 rings (SSSR count). The van der Waals surface area contributed by atoms with Gasteiger partial charge in [0.2, 0.25) is 11.8 Å². The molecule has 1 fully saturated rings. The van der Waals surface area contributed by atoms with Crippen molar-refractivity contribution in [3.8, 4) is 11.6 Å². The SMILES string of the molecule is CCOC(=O)ON1CCN(C(=O)[C@H](CCC(=O)O)NC(=O)c2cc(OCC(F)(F)F)n(-c3ccccc3)n2)CC1. The third-order valence-electron chi connectivity index (χ3n) is 5.56. The number of amides is 2. The van der Waals surface area contributed by atoms with Gasteiger partial charge in [0.15, 0.2) is 12.3 Å². The average Bonchev–Trinajstić information content (AvgIpc) is 3.34. The molecule has 0 spiro atoms. The molecule has 1 aliphatic rings. The van der Waals surface area contributed by atoms with Crippen LogP contribution in [-0.4, -0.2) is 100 Å². The fourth-order valence-corrected chi connectivity index (χ4v) is 3.71. The Bertz CT molecular complexity index is 1180. The lowest BCUT2D eigenvalue weighted by Gasteiger charge is -2.35. The zero-order valence-corrected chi connectivity index (χ0v) is 21.4. The zero-order valence-electron chi connectivity index (χ0n) is 21.4. The van der Waals surface area contributed by atoms with Crippen molar-refractivity contribution in [2.24, 2.45) is 0 Å². The van der Waals surface area contributed by atoms with E-state index in [2.05, 4.69) is 10.4 Å². The normalized spacial score (nSPS) is 14.8. The van der Waals surface area contributed by atoms with Crippen molar-refractivity contribution in [1.82, 2.24) is 25.1 Å². The molecular formula is C24H28F3N5O8. The molecule has 2 N–H and O–H groups in total. The highest BCUT2D eigenvalue weighted by Crippen LogP contribution is 2.23. The van der Waals surface area contributed by atoms with E-state index < -0.39 is 49.2 Å². The second kappa shape index (κ2) is 13.6. The fourth-order valence-electron chi connectivity index (χ4n) is 3.71. The number of ether oxygens (including phenoxy) is 2. The largest absolute Gasteiger partial charge is 0.527 e. The number of carbonyl (C=O) groups excluding carboxylic acids is 3. The lowest BCUT2D eigenvalue weighted by molar-refractivity contribution is -0.157. The standard InChI is InChI=1S/C24H28F3N5O8/c1-2-38-23(37)40-31-12-10-30(11-13-31)22(36)17(8-9-20(33)34)28-21(35)18-14-19(39-15-24(25,26)27)32(29-18)16-6-4-3-5-7-16/h3-7,14,17H,2,8-13,15H2,1H3,(H,28,35)(H,33,34)/t17-/m0/s1. The van der Waals surface area contributed by atoms with Crippen molar-refractivity contribution in [2.45, 2.75) is 32.0 Å². The van der Waals surface area contributed by atoms with Gasteiger partial charge in [0.1, 0.15) is 6.04 Å². The van der Waals surface area contributed by atoms with E-state index in [9.17, 15) is 32.3 Å². The first-order valence-corrected chi connectivity index (χ1v) is 12.2. The number of nitrogens with zero attached hydrogens (tertiary/aromatic N) is 4. The van der Waals surface area contributed by atoms with Gasteiger partial charge in [-0.15, -0.1) is 5.06 Å². The summed E-state index contributed by atoms with van der Waals surface area (Å²) in [5.41, 5.74) is -0.0260. The van der Waals surface area contributed by atoms with Crippen LogP contribution >= 0.6 is 0 Å². The van der Waals surface area contributed by atoms with Gasteiger partial charge in [0, 0.05) is 25.6 Å². The van der Waals surface area contributed by atoms with Crippen LogP contribution in [0, 0.1) is 0 Å². The van der Waals surface area contributed by atoms with Crippen molar-refractivity contribution in [3.05, 3.63) is 42.1 Å². The number of nitrogens with one attached hydrogen (secondary N) is 1. The molecule has 0 unspecified atom stereocenters. The molecule has 1 saturated heterocycles. The number of benzene rings is 1. The van der Waals surface area contributed by atoms with Crippen molar-refractivity contribution >= 4 is 23.9 Å². The minimum atomic E-state index is -4.64. The van der Waals surface area contributed by atoms with Gasteiger partial charge in [0.05, 0.1) is 25.4 Å². The summed E-state index contributed by atoms with van der Waals surface area (Å²) in [4.78, 5) is 55.3. The molecule has 1 atom stereocenters. The Morgan fingerprint density at radius 3 is 2.38 bits per heavy atom. The Labute approximate surface area is 226 Å². The second-order valence-electron chi connectivity index (χ2n) is 8.51. The first kappa shape index (κ1) is 30.2. The molecule has 2 aromatic rings. The van der Waals surface area contributed by atoms with E-state index in [0.717, 1.165) is 10.7 Å². The average molecular weight is 572 g/mol. The van der Waals surface area contributed by atoms with Gasteiger partial charge in [-0.25, -0.2) is 9.48 Å². The maximum absolute atomic E-state index is 13.2. The number of halogens is 3. The minimum absolute atomic E-state index is 0.107. The van der Waals surface area contributed by atoms with Gasteiger partial charge in [-0.05, 0) is 25.5 Å². The number of alkyl halides is 3. The number of hydrogen-bond donors (Lipinski definition) is 2. The molecular weight excluding hydrogens is 543 g/mol. The number of carboxylic acid groups (broad SMARTS) is 1. The molecule has 16 heteroatoms. The van der Waals surface area contributed by atoms with Crippen LogP contribution in [0.1, 0.15) is 30.3 Å². The van der Waals surface area contributed by atoms with Gasteiger partial charge in [0.25, 0.3) is 5.91 Å². The number of carboxylic acids is 1. The Hall–Kier alpha value is -4.34. The lowest BCUT2D eigenvalue weighted by atomic mass is 10.1. The number of rotatable bonds is 11.